The van der Waals surface area contributed by atoms with Gasteiger partial charge in [-0.2, -0.15) is 4.52 Å². The van der Waals surface area contributed by atoms with Crippen molar-refractivity contribution in [2.75, 3.05) is 32.3 Å². The zero-order valence-corrected chi connectivity index (χ0v) is 15.2. The standard InChI is InChI=1S/C17H21N5O2S/c1-23-11-13-4-3-9-21(13)17-20-22-15(18-19-16(22)25-17)10-12-5-7-14(24-2)8-6-12/h5-8,13H,3-4,9-11H2,1-2H3. The van der Waals surface area contributed by atoms with E-state index in [1.165, 1.54) is 6.42 Å². The molecule has 1 fully saturated rings. The predicted molar refractivity (Wildman–Crippen MR) is 96.7 cm³/mol. The molecule has 0 saturated carbocycles. The SMILES string of the molecule is COCC1CCCN1c1nn2c(Cc3ccc(OC)cc3)nnc2s1. The van der Waals surface area contributed by atoms with Crippen molar-refractivity contribution >= 4 is 21.4 Å². The molecule has 4 rings (SSSR count). The molecule has 3 heterocycles. The molecular formula is C17H21N5O2S. The second kappa shape index (κ2) is 6.97. The molecule has 1 aromatic carbocycles. The number of aromatic nitrogens is 4. The number of fused-ring (bicyclic) bond motifs is 1. The summed E-state index contributed by atoms with van der Waals surface area (Å²) < 4.78 is 12.4. The highest BCUT2D eigenvalue weighted by molar-refractivity contribution is 7.20. The summed E-state index contributed by atoms with van der Waals surface area (Å²) in [6.07, 6.45) is 3.01. The Hall–Kier alpha value is -2.19. The zero-order chi connectivity index (χ0) is 17.2. The lowest BCUT2D eigenvalue weighted by Gasteiger charge is -2.22. The highest BCUT2D eigenvalue weighted by Crippen LogP contribution is 2.30. The number of rotatable bonds is 6. The number of benzene rings is 1. The van der Waals surface area contributed by atoms with Crippen molar-refractivity contribution in [2.24, 2.45) is 0 Å². The van der Waals surface area contributed by atoms with E-state index < -0.39 is 0 Å². The third-order valence-corrected chi connectivity index (χ3v) is 5.48. The number of nitrogens with zero attached hydrogens (tertiary/aromatic N) is 5. The van der Waals surface area contributed by atoms with Gasteiger partial charge in [0.25, 0.3) is 0 Å². The third kappa shape index (κ3) is 3.19. The zero-order valence-electron chi connectivity index (χ0n) is 14.4. The van der Waals surface area contributed by atoms with Crippen LogP contribution in [-0.4, -0.2) is 53.2 Å². The molecule has 0 bridgehead atoms. The van der Waals surface area contributed by atoms with Crippen LogP contribution in [0.1, 0.15) is 24.2 Å². The lowest BCUT2D eigenvalue weighted by Crippen LogP contribution is -2.32. The summed E-state index contributed by atoms with van der Waals surface area (Å²) in [6, 6.07) is 8.41. The quantitative estimate of drug-likeness (QED) is 0.673. The predicted octanol–water partition coefficient (Wildman–Crippen LogP) is 2.40. The average Bonchev–Trinajstić information content (AvgIpc) is 3.33. The molecule has 0 spiro atoms. The van der Waals surface area contributed by atoms with Gasteiger partial charge in [0.05, 0.1) is 19.8 Å². The Balaban J connectivity index is 1.57. The van der Waals surface area contributed by atoms with Crippen molar-refractivity contribution in [3.05, 3.63) is 35.7 Å². The largest absolute Gasteiger partial charge is 0.497 e. The topological polar surface area (TPSA) is 64.8 Å². The molecule has 1 unspecified atom stereocenters. The molecule has 0 amide bonds. The lowest BCUT2D eigenvalue weighted by molar-refractivity contribution is 0.181. The normalized spacial score (nSPS) is 17.5. The molecule has 1 atom stereocenters. The Kier molecular flexibility index (Phi) is 4.54. The molecule has 8 heteroatoms. The van der Waals surface area contributed by atoms with E-state index in [-0.39, 0.29) is 0 Å². The minimum atomic E-state index is 0.402. The summed E-state index contributed by atoms with van der Waals surface area (Å²) in [5.74, 6) is 1.70. The highest BCUT2D eigenvalue weighted by Gasteiger charge is 2.28. The van der Waals surface area contributed by atoms with Gasteiger partial charge in [-0.25, -0.2) is 0 Å². The molecule has 2 aromatic heterocycles. The maximum absolute atomic E-state index is 5.34. The van der Waals surface area contributed by atoms with Crippen LogP contribution in [0.4, 0.5) is 5.13 Å². The fourth-order valence-corrected chi connectivity index (χ4v) is 4.21. The van der Waals surface area contributed by atoms with Gasteiger partial charge in [-0.3, -0.25) is 0 Å². The molecule has 0 N–H and O–H groups in total. The van der Waals surface area contributed by atoms with Crippen molar-refractivity contribution < 1.29 is 9.47 Å². The summed E-state index contributed by atoms with van der Waals surface area (Å²) in [5.41, 5.74) is 1.16. The fourth-order valence-electron chi connectivity index (χ4n) is 3.25. The van der Waals surface area contributed by atoms with Crippen LogP contribution in [-0.2, 0) is 11.2 Å². The van der Waals surface area contributed by atoms with E-state index in [1.54, 1.807) is 25.6 Å². The van der Waals surface area contributed by atoms with Gasteiger partial charge in [-0.1, -0.05) is 23.5 Å². The minimum Gasteiger partial charge on any atom is -0.497 e. The van der Waals surface area contributed by atoms with Crippen LogP contribution < -0.4 is 9.64 Å². The first kappa shape index (κ1) is 16.3. The fraction of sp³-hybridized carbons (Fsp3) is 0.471. The van der Waals surface area contributed by atoms with Gasteiger partial charge in [0, 0.05) is 20.1 Å². The molecule has 0 aliphatic carbocycles. The van der Waals surface area contributed by atoms with Crippen LogP contribution in [0.15, 0.2) is 24.3 Å². The van der Waals surface area contributed by atoms with Crippen LogP contribution in [0, 0.1) is 0 Å². The van der Waals surface area contributed by atoms with E-state index in [0.717, 1.165) is 46.8 Å². The van der Waals surface area contributed by atoms with Crippen LogP contribution in [0.2, 0.25) is 0 Å². The minimum absolute atomic E-state index is 0.402. The molecule has 7 nitrogen and oxygen atoms in total. The first-order valence-electron chi connectivity index (χ1n) is 8.38. The number of ether oxygens (including phenoxy) is 2. The van der Waals surface area contributed by atoms with Gasteiger partial charge in [-0.15, -0.1) is 15.3 Å². The van der Waals surface area contributed by atoms with Crippen LogP contribution in [0.25, 0.3) is 4.96 Å². The number of hydrogen-bond acceptors (Lipinski definition) is 7. The van der Waals surface area contributed by atoms with Gasteiger partial charge >= 0.3 is 0 Å². The van der Waals surface area contributed by atoms with E-state index in [0.29, 0.717) is 12.5 Å². The van der Waals surface area contributed by atoms with E-state index in [1.807, 2.05) is 28.8 Å². The maximum atomic E-state index is 5.34. The number of anilines is 1. The monoisotopic (exact) mass is 359 g/mol. The van der Waals surface area contributed by atoms with E-state index in [9.17, 15) is 0 Å². The van der Waals surface area contributed by atoms with Crippen molar-refractivity contribution in [1.82, 2.24) is 19.8 Å². The molecule has 1 aliphatic heterocycles. The molecule has 132 valence electrons. The first-order valence-corrected chi connectivity index (χ1v) is 9.20. The Morgan fingerprint density at radius 3 is 2.80 bits per heavy atom. The van der Waals surface area contributed by atoms with Crippen LogP contribution in [0.3, 0.4) is 0 Å². The smallest absolute Gasteiger partial charge is 0.236 e. The summed E-state index contributed by atoms with van der Waals surface area (Å²) in [7, 11) is 3.42. The van der Waals surface area contributed by atoms with E-state index in [2.05, 4.69) is 15.1 Å². The van der Waals surface area contributed by atoms with E-state index >= 15 is 0 Å². The lowest BCUT2D eigenvalue weighted by atomic mass is 10.1. The van der Waals surface area contributed by atoms with Gasteiger partial charge in [0.15, 0.2) is 5.82 Å². The maximum Gasteiger partial charge on any atom is 0.236 e. The third-order valence-electron chi connectivity index (χ3n) is 4.55. The van der Waals surface area contributed by atoms with E-state index in [4.69, 9.17) is 14.6 Å². The van der Waals surface area contributed by atoms with Gasteiger partial charge in [0.2, 0.25) is 10.1 Å². The van der Waals surface area contributed by atoms with Crippen molar-refractivity contribution in [2.45, 2.75) is 25.3 Å². The molecule has 1 saturated heterocycles. The van der Waals surface area contributed by atoms with Gasteiger partial charge in [-0.05, 0) is 30.5 Å². The number of methoxy groups -OCH3 is 2. The van der Waals surface area contributed by atoms with Crippen molar-refractivity contribution in [3.63, 3.8) is 0 Å². The average molecular weight is 359 g/mol. The highest BCUT2D eigenvalue weighted by atomic mass is 32.1. The first-order chi connectivity index (χ1) is 12.3. The molecular weight excluding hydrogens is 338 g/mol. The summed E-state index contributed by atoms with van der Waals surface area (Å²) in [5, 5.41) is 14.4. The Bertz CT molecular complexity index is 844. The second-order valence-electron chi connectivity index (χ2n) is 6.16. The molecule has 3 aromatic rings. The Labute approximate surface area is 150 Å². The molecule has 1 aliphatic rings. The van der Waals surface area contributed by atoms with Gasteiger partial charge in [0.1, 0.15) is 5.75 Å². The van der Waals surface area contributed by atoms with Crippen LogP contribution >= 0.6 is 11.3 Å². The van der Waals surface area contributed by atoms with Gasteiger partial charge < -0.3 is 14.4 Å². The van der Waals surface area contributed by atoms with Crippen LogP contribution in [0.5, 0.6) is 5.75 Å². The molecule has 25 heavy (non-hydrogen) atoms. The Morgan fingerprint density at radius 1 is 1.20 bits per heavy atom. The summed E-state index contributed by atoms with van der Waals surface area (Å²) >= 11 is 1.59. The number of hydrogen-bond donors (Lipinski definition) is 0. The second-order valence-corrected chi connectivity index (χ2v) is 7.10. The Morgan fingerprint density at radius 2 is 2.04 bits per heavy atom. The van der Waals surface area contributed by atoms with Crippen molar-refractivity contribution in [1.29, 1.82) is 0 Å². The van der Waals surface area contributed by atoms with Crippen molar-refractivity contribution in [3.8, 4) is 5.75 Å². The molecule has 0 radical (unpaired) electrons. The summed E-state index contributed by atoms with van der Waals surface area (Å²) in [6.45, 7) is 1.75. The summed E-state index contributed by atoms with van der Waals surface area (Å²) in [4.78, 5) is 3.17.